The largest absolute Gasteiger partial charge is 0.354 e. The molecule has 2 amide bonds. The number of carbonyl (C=O) groups excluding carboxylic acids is 2. The molecular formula is C28H29Cl4N3O4S. The monoisotopic (exact) mass is 643 g/mol. The van der Waals surface area contributed by atoms with E-state index in [1.165, 1.54) is 29.2 Å². The Hall–Kier alpha value is -2.49. The number of hydrogen-bond donors (Lipinski definition) is 1. The normalized spacial score (nSPS) is 12.1. The average Bonchev–Trinajstić information content (AvgIpc) is 2.94. The van der Waals surface area contributed by atoms with Crippen molar-refractivity contribution in [3.05, 3.63) is 92.4 Å². The number of nitrogens with zero attached hydrogens (tertiary/aromatic N) is 2. The van der Waals surface area contributed by atoms with Crippen LogP contribution >= 0.6 is 46.4 Å². The van der Waals surface area contributed by atoms with Crippen LogP contribution in [0.1, 0.15) is 32.3 Å². The maximum absolute atomic E-state index is 14.0. The molecule has 1 atom stereocenters. The Morgan fingerprint density at radius 1 is 0.875 bits per heavy atom. The first-order chi connectivity index (χ1) is 19.0. The fraction of sp³-hybridized carbons (Fsp3) is 0.286. The minimum absolute atomic E-state index is 0.0176. The van der Waals surface area contributed by atoms with E-state index in [1.807, 2.05) is 6.92 Å². The van der Waals surface area contributed by atoms with Crippen molar-refractivity contribution in [2.24, 2.45) is 0 Å². The fourth-order valence-electron chi connectivity index (χ4n) is 4.04. The SMILES string of the molecule is CCCNC(=O)[C@@H](CC)N(Cc1ccc(Cl)c(Cl)c1)C(=O)CN(c1cccc(Cl)c1Cl)S(=O)(=O)c1ccccc1. The number of rotatable bonds is 12. The Bertz CT molecular complexity index is 1460. The van der Waals surface area contributed by atoms with Gasteiger partial charge in [-0.1, -0.05) is 90.6 Å². The Morgan fingerprint density at radius 3 is 2.20 bits per heavy atom. The molecule has 3 aromatic carbocycles. The second-order valence-corrected chi connectivity index (χ2v) is 12.3. The zero-order valence-electron chi connectivity index (χ0n) is 21.9. The van der Waals surface area contributed by atoms with Crippen LogP contribution in [0.15, 0.2) is 71.6 Å². The Labute approximate surface area is 255 Å². The van der Waals surface area contributed by atoms with Crippen LogP contribution in [-0.2, 0) is 26.2 Å². The van der Waals surface area contributed by atoms with Crippen LogP contribution in [-0.4, -0.2) is 44.3 Å². The third-order valence-electron chi connectivity index (χ3n) is 6.08. The van der Waals surface area contributed by atoms with Crippen LogP contribution in [0.3, 0.4) is 0 Å². The van der Waals surface area contributed by atoms with Crippen molar-refractivity contribution >= 4 is 73.9 Å². The lowest BCUT2D eigenvalue weighted by atomic mass is 10.1. The molecule has 40 heavy (non-hydrogen) atoms. The first kappa shape index (κ1) is 32.0. The lowest BCUT2D eigenvalue weighted by Gasteiger charge is -2.33. The number of nitrogens with one attached hydrogen (secondary N) is 1. The molecule has 1 N–H and O–H groups in total. The van der Waals surface area contributed by atoms with Gasteiger partial charge in [-0.15, -0.1) is 0 Å². The Kier molecular flexibility index (Phi) is 11.5. The lowest BCUT2D eigenvalue weighted by molar-refractivity contribution is -0.140. The van der Waals surface area contributed by atoms with Gasteiger partial charge in [-0.25, -0.2) is 8.42 Å². The van der Waals surface area contributed by atoms with Crippen molar-refractivity contribution in [1.29, 1.82) is 0 Å². The summed E-state index contributed by atoms with van der Waals surface area (Å²) in [5, 5.41) is 3.55. The van der Waals surface area contributed by atoms with E-state index in [9.17, 15) is 18.0 Å². The van der Waals surface area contributed by atoms with Crippen molar-refractivity contribution < 1.29 is 18.0 Å². The van der Waals surface area contributed by atoms with Gasteiger partial charge in [0.15, 0.2) is 0 Å². The molecule has 12 heteroatoms. The smallest absolute Gasteiger partial charge is 0.264 e. The topological polar surface area (TPSA) is 86.8 Å². The standard InChI is InChI=1S/C28H29Cl4N3O4S/c1-3-15-33-28(37)24(4-2)34(17-19-13-14-21(29)23(31)16-19)26(36)18-35(25-12-8-11-22(30)27(25)32)40(38,39)20-9-6-5-7-10-20/h5-14,16,24H,3-4,15,17-18H2,1-2H3,(H,33,37)/t24-/m1/s1. The molecule has 0 heterocycles. The molecule has 3 rings (SSSR count). The van der Waals surface area contributed by atoms with Gasteiger partial charge in [0.1, 0.15) is 12.6 Å². The van der Waals surface area contributed by atoms with Gasteiger partial charge in [0.25, 0.3) is 10.0 Å². The Morgan fingerprint density at radius 2 is 1.57 bits per heavy atom. The van der Waals surface area contributed by atoms with Gasteiger partial charge in [0.2, 0.25) is 11.8 Å². The predicted molar refractivity (Wildman–Crippen MR) is 162 cm³/mol. The van der Waals surface area contributed by atoms with Gasteiger partial charge in [-0.3, -0.25) is 13.9 Å². The molecule has 0 saturated carbocycles. The van der Waals surface area contributed by atoms with Gasteiger partial charge in [0, 0.05) is 13.1 Å². The number of carbonyl (C=O) groups is 2. The van der Waals surface area contributed by atoms with E-state index in [1.54, 1.807) is 49.4 Å². The fourth-order valence-corrected chi connectivity index (χ4v) is 6.25. The first-order valence-electron chi connectivity index (χ1n) is 12.5. The van der Waals surface area contributed by atoms with Crippen molar-refractivity contribution in [2.75, 3.05) is 17.4 Å². The van der Waals surface area contributed by atoms with Crippen LogP contribution in [0.2, 0.25) is 20.1 Å². The molecule has 0 unspecified atom stereocenters. The quantitative estimate of drug-likeness (QED) is 0.234. The van der Waals surface area contributed by atoms with E-state index >= 15 is 0 Å². The highest BCUT2D eigenvalue weighted by Gasteiger charge is 2.34. The minimum atomic E-state index is -4.27. The van der Waals surface area contributed by atoms with E-state index < -0.39 is 28.5 Å². The summed E-state index contributed by atoms with van der Waals surface area (Å²) in [7, 11) is -4.27. The maximum atomic E-state index is 14.0. The van der Waals surface area contributed by atoms with Crippen molar-refractivity contribution in [3.8, 4) is 0 Å². The van der Waals surface area contributed by atoms with E-state index in [2.05, 4.69) is 5.32 Å². The van der Waals surface area contributed by atoms with E-state index in [0.29, 0.717) is 23.6 Å². The Balaban J connectivity index is 2.09. The molecule has 0 aromatic heterocycles. The summed E-state index contributed by atoms with van der Waals surface area (Å²) in [4.78, 5) is 28.5. The van der Waals surface area contributed by atoms with E-state index in [-0.39, 0.29) is 44.5 Å². The summed E-state index contributed by atoms with van der Waals surface area (Å²) in [6.07, 6.45) is 0.991. The highest BCUT2D eigenvalue weighted by molar-refractivity contribution is 7.92. The third-order valence-corrected chi connectivity index (χ3v) is 9.40. The second-order valence-electron chi connectivity index (χ2n) is 8.88. The molecule has 0 bridgehead atoms. The first-order valence-corrected chi connectivity index (χ1v) is 15.5. The summed E-state index contributed by atoms with van der Waals surface area (Å²) < 4.78 is 28.6. The molecule has 214 valence electrons. The molecule has 0 radical (unpaired) electrons. The molecule has 0 spiro atoms. The summed E-state index contributed by atoms with van der Waals surface area (Å²) in [6, 6.07) is 16.2. The van der Waals surface area contributed by atoms with Crippen molar-refractivity contribution in [3.63, 3.8) is 0 Å². The number of hydrogen-bond acceptors (Lipinski definition) is 4. The number of halogens is 4. The van der Waals surface area contributed by atoms with Crippen LogP contribution in [0.25, 0.3) is 0 Å². The minimum Gasteiger partial charge on any atom is -0.354 e. The maximum Gasteiger partial charge on any atom is 0.264 e. The van der Waals surface area contributed by atoms with Gasteiger partial charge >= 0.3 is 0 Å². The van der Waals surface area contributed by atoms with Gasteiger partial charge in [-0.05, 0) is 54.8 Å². The van der Waals surface area contributed by atoms with Gasteiger partial charge < -0.3 is 10.2 Å². The van der Waals surface area contributed by atoms with Crippen molar-refractivity contribution in [1.82, 2.24) is 10.2 Å². The molecule has 3 aromatic rings. The van der Waals surface area contributed by atoms with E-state index in [0.717, 1.165) is 4.31 Å². The highest BCUT2D eigenvalue weighted by atomic mass is 35.5. The van der Waals surface area contributed by atoms with E-state index in [4.69, 9.17) is 46.4 Å². The van der Waals surface area contributed by atoms with Gasteiger partial charge in [-0.2, -0.15) is 0 Å². The van der Waals surface area contributed by atoms with Crippen LogP contribution in [0.4, 0.5) is 5.69 Å². The highest BCUT2D eigenvalue weighted by Crippen LogP contribution is 2.35. The average molecular weight is 645 g/mol. The predicted octanol–water partition coefficient (Wildman–Crippen LogP) is 6.83. The molecular weight excluding hydrogens is 616 g/mol. The number of benzene rings is 3. The lowest BCUT2D eigenvalue weighted by Crippen LogP contribution is -2.52. The van der Waals surface area contributed by atoms with Crippen LogP contribution < -0.4 is 9.62 Å². The van der Waals surface area contributed by atoms with Crippen molar-refractivity contribution in [2.45, 2.75) is 44.2 Å². The number of sulfonamides is 1. The molecule has 0 aliphatic rings. The second kappa shape index (κ2) is 14.4. The summed E-state index contributed by atoms with van der Waals surface area (Å²) in [5.74, 6) is -0.976. The third kappa shape index (κ3) is 7.62. The summed E-state index contributed by atoms with van der Waals surface area (Å²) in [6.45, 7) is 3.46. The van der Waals surface area contributed by atoms with Crippen LogP contribution in [0, 0.1) is 0 Å². The summed E-state index contributed by atoms with van der Waals surface area (Å²) >= 11 is 25.0. The molecule has 7 nitrogen and oxygen atoms in total. The van der Waals surface area contributed by atoms with Crippen LogP contribution in [0.5, 0.6) is 0 Å². The zero-order chi connectivity index (χ0) is 29.4. The van der Waals surface area contributed by atoms with Gasteiger partial charge in [0.05, 0.1) is 30.7 Å². The molecule has 0 saturated heterocycles. The number of anilines is 1. The summed E-state index contributed by atoms with van der Waals surface area (Å²) in [5.41, 5.74) is 0.645. The zero-order valence-corrected chi connectivity index (χ0v) is 25.8. The molecule has 0 aliphatic heterocycles. The molecule has 0 fully saturated rings. The number of amides is 2. The molecule has 0 aliphatic carbocycles.